The zero-order chi connectivity index (χ0) is 15.8. The van der Waals surface area contributed by atoms with Crippen molar-refractivity contribution >= 4 is 21.9 Å². The van der Waals surface area contributed by atoms with E-state index in [1.54, 1.807) is 6.07 Å². The third kappa shape index (κ3) is 3.47. The zero-order valence-electron chi connectivity index (χ0n) is 11.9. The Balaban J connectivity index is 2.47. The fourth-order valence-corrected chi connectivity index (χ4v) is 2.70. The van der Waals surface area contributed by atoms with Crippen molar-refractivity contribution < 1.29 is 14.3 Å². The number of hydrogen-bond acceptors (Lipinski definition) is 3. The van der Waals surface area contributed by atoms with Crippen LogP contribution in [0.5, 0.6) is 0 Å². The van der Waals surface area contributed by atoms with E-state index in [2.05, 4.69) is 26.2 Å². The summed E-state index contributed by atoms with van der Waals surface area (Å²) in [4.78, 5) is 11.3. The fraction of sp³-hybridized carbons (Fsp3) is 0.357. The molecule has 2 aromatic rings. The van der Waals surface area contributed by atoms with Crippen LogP contribution in [-0.2, 0) is 12.0 Å². The van der Waals surface area contributed by atoms with Crippen LogP contribution in [0.1, 0.15) is 42.5 Å². The normalized spacial score (nSPS) is 11.7. The molecule has 0 radical (unpaired) electrons. The molecule has 0 aliphatic heterocycles. The summed E-state index contributed by atoms with van der Waals surface area (Å²) in [5.74, 6) is -1.48. The van der Waals surface area contributed by atoms with Gasteiger partial charge in [0, 0.05) is 9.89 Å². The van der Waals surface area contributed by atoms with Crippen LogP contribution in [0.2, 0.25) is 0 Å². The predicted molar refractivity (Wildman–Crippen MR) is 78.9 cm³/mol. The van der Waals surface area contributed by atoms with Gasteiger partial charge in [0.1, 0.15) is 5.82 Å². The molecule has 0 spiro atoms. The molecule has 7 heteroatoms. The molecule has 2 rings (SSSR count). The number of rotatable bonds is 3. The molecule has 0 fully saturated rings. The first-order valence-electron chi connectivity index (χ1n) is 6.30. The quantitative estimate of drug-likeness (QED) is 0.917. The monoisotopic (exact) mass is 355 g/mol. The van der Waals surface area contributed by atoms with Gasteiger partial charge in [-0.1, -0.05) is 41.9 Å². The lowest BCUT2D eigenvalue weighted by molar-refractivity contribution is 0.0687. The first-order valence-corrected chi connectivity index (χ1v) is 7.10. The minimum Gasteiger partial charge on any atom is -0.476 e. The molecule has 1 aromatic heterocycles. The average molecular weight is 356 g/mol. The van der Waals surface area contributed by atoms with E-state index in [-0.39, 0.29) is 18.1 Å². The van der Waals surface area contributed by atoms with Gasteiger partial charge in [-0.3, -0.25) is 0 Å². The van der Waals surface area contributed by atoms with Gasteiger partial charge in [-0.05, 0) is 23.8 Å². The maximum absolute atomic E-state index is 13.4. The van der Waals surface area contributed by atoms with Crippen molar-refractivity contribution in [2.45, 2.75) is 32.7 Å². The molecule has 0 bridgehead atoms. The lowest BCUT2D eigenvalue weighted by atomic mass is 9.90. The van der Waals surface area contributed by atoms with Gasteiger partial charge in [-0.15, -0.1) is 5.10 Å². The van der Waals surface area contributed by atoms with E-state index in [0.29, 0.717) is 15.7 Å². The van der Waals surface area contributed by atoms with Gasteiger partial charge >= 0.3 is 5.97 Å². The van der Waals surface area contributed by atoms with E-state index in [9.17, 15) is 14.3 Å². The third-order valence-electron chi connectivity index (χ3n) is 2.90. The van der Waals surface area contributed by atoms with E-state index in [1.165, 1.54) is 16.8 Å². The molecule has 0 aliphatic carbocycles. The summed E-state index contributed by atoms with van der Waals surface area (Å²) >= 11 is 3.23. The van der Waals surface area contributed by atoms with Crippen LogP contribution in [0.15, 0.2) is 22.7 Å². The molecular formula is C14H15BrFN3O2. The maximum atomic E-state index is 13.4. The first-order chi connectivity index (χ1) is 9.68. The summed E-state index contributed by atoms with van der Waals surface area (Å²) in [5.41, 5.74) is 0.671. The molecule has 112 valence electrons. The molecule has 1 aromatic carbocycles. The number of carbonyl (C=O) groups is 1. The number of hydrogen-bond donors (Lipinski definition) is 1. The van der Waals surface area contributed by atoms with Gasteiger partial charge in [-0.2, -0.15) is 0 Å². The average Bonchev–Trinajstić information content (AvgIpc) is 2.70. The highest BCUT2D eigenvalue weighted by molar-refractivity contribution is 9.10. The lowest BCUT2D eigenvalue weighted by Gasteiger charge is -2.20. The van der Waals surface area contributed by atoms with Crippen molar-refractivity contribution in [2.75, 3.05) is 0 Å². The Morgan fingerprint density at radius 2 is 2.05 bits per heavy atom. The van der Waals surface area contributed by atoms with Crippen molar-refractivity contribution in [3.63, 3.8) is 0 Å². The van der Waals surface area contributed by atoms with Gasteiger partial charge in [0.05, 0.1) is 12.2 Å². The van der Waals surface area contributed by atoms with Crippen LogP contribution in [-0.4, -0.2) is 26.1 Å². The highest BCUT2D eigenvalue weighted by Crippen LogP contribution is 2.26. The molecule has 5 nitrogen and oxygen atoms in total. The Labute approximate surface area is 129 Å². The van der Waals surface area contributed by atoms with E-state index in [0.717, 1.165) is 0 Å². The van der Waals surface area contributed by atoms with Gasteiger partial charge in [0.25, 0.3) is 0 Å². The second kappa shape index (κ2) is 5.55. The van der Waals surface area contributed by atoms with Crippen molar-refractivity contribution in [1.82, 2.24) is 15.0 Å². The van der Waals surface area contributed by atoms with Gasteiger partial charge in [0.2, 0.25) is 0 Å². The van der Waals surface area contributed by atoms with Crippen LogP contribution >= 0.6 is 15.9 Å². The van der Waals surface area contributed by atoms with E-state index in [1.807, 2.05) is 20.8 Å². The van der Waals surface area contributed by atoms with Crippen LogP contribution in [0.25, 0.3) is 0 Å². The smallest absolute Gasteiger partial charge is 0.358 e. The minimum absolute atomic E-state index is 0.0713. The number of benzene rings is 1. The minimum atomic E-state index is -1.12. The Morgan fingerprint density at radius 1 is 1.38 bits per heavy atom. The van der Waals surface area contributed by atoms with Crippen LogP contribution in [0.3, 0.4) is 0 Å². The van der Waals surface area contributed by atoms with Gasteiger partial charge in [0.15, 0.2) is 5.69 Å². The molecule has 0 aliphatic rings. The Morgan fingerprint density at radius 3 is 2.57 bits per heavy atom. The molecule has 0 unspecified atom stereocenters. The molecular weight excluding hydrogens is 341 g/mol. The van der Waals surface area contributed by atoms with Crippen molar-refractivity contribution in [3.8, 4) is 0 Å². The van der Waals surface area contributed by atoms with Crippen LogP contribution < -0.4 is 0 Å². The first kappa shape index (κ1) is 15.6. The number of halogens is 2. The number of carboxylic acid groups (broad SMARTS) is 1. The Kier molecular flexibility index (Phi) is 4.13. The highest BCUT2D eigenvalue weighted by atomic mass is 79.9. The van der Waals surface area contributed by atoms with E-state index >= 15 is 0 Å². The number of nitrogens with zero attached hydrogens (tertiary/aromatic N) is 3. The van der Waals surface area contributed by atoms with Gasteiger partial charge in [-0.25, -0.2) is 13.9 Å². The molecule has 0 atom stereocenters. The fourth-order valence-electron chi connectivity index (χ4n) is 2.19. The topological polar surface area (TPSA) is 68.0 Å². The summed E-state index contributed by atoms with van der Waals surface area (Å²) in [5, 5.41) is 16.9. The number of aromatic nitrogens is 3. The van der Waals surface area contributed by atoms with Crippen LogP contribution in [0.4, 0.5) is 4.39 Å². The lowest BCUT2D eigenvalue weighted by Crippen LogP contribution is -2.22. The SMILES string of the molecule is CC(C)(C)c1c(C(=O)O)nnn1Cc1cc(F)cc(Br)c1. The number of carboxylic acids is 1. The second-order valence-electron chi connectivity index (χ2n) is 5.78. The molecule has 1 heterocycles. The maximum Gasteiger partial charge on any atom is 0.358 e. The standard InChI is InChI=1S/C14H15BrFN3O2/c1-14(2,3)12-11(13(20)21)17-18-19(12)7-8-4-9(15)6-10(16)5-8/h4-6H,7H2,1-3H3,(H,20,21). The second-order valence-corrected chi connectivity index (χ2v) is 6.69. The largest absolute Gasteiger partial charge is 0.476 e. The zero-order valence-corrected chi connectivity index (χ0v) is 13.5. The number of aromatic carboxylic acids is 1. The molecule has 0 saturated heterocycles. The molecule has 21 heavy (non-hydrogen) atoms. The highest BCUT2D eigenvalue weighted by Gasteiger charge is 2.28. The Hall–Kier alpha value is -1.76. The predicted octanol–water partition coefficient (Wildman–Crippen LogP) is 3.22. The van der Waals surface area contributed by atoms with Crippen molar-refractivity contribution in [1.29, 1.82) is 0 Å². The van der Waals surface area contributed by atoms with Crippen LogP contribution in [0, 0.1) is 5.82 Å². The van der Waals surface area contributed by atoms with Crippen molar-refractivity contribution in [3.05, 3.63) is 45.4 Å². The summed E-state index contributed by atoms with van der Waals surface area (Å²) in [6.45, 7) is 5.91. The third-order valence-corrected chi connectivity index (χ3v) is 3.36. The summed E-state index contributed by atoms with van der Waals surface area (Å²) in [6, 6.07) is 4.51. The van der Waals surface area contributed by atoms with E-state index in [4.69, 9.17) is 0 Å². The molecule has 1 N–H and O–H groups in total. The molecule has 0 saturated carbocycles. The Bertz CT molecular complexity index is 672. The summed E-state index contributed by atoms with van der Waals surface area (Å²) < 4.78 is 15.6. The van der Waals surface area contributed by atoms with Crippen molar-refractivity contribution in [2.24, 2.45) is 0 Å². The summed E-state index contributed by atoms with van der Waals surface area (Å²) in [7, 11) is 0. The summed E-state index contributed by atoms with van der Waals surface area (Å²) in [6.07, 6.45) is 0. The van der Waals surface area contributed by atoms with Gasteiger partial charge < -0.3 is 5.11 Å². The van der Waals surface area contributed by atoms with E-state index < -0.39 is 11.4 Å². The molecule has 0 amide bonds.